The molecule has 10 aromatic carbocycles. The molecule has 0 saturated carbocycles. The molecular formula is C60H40Cl2CrN14Na4O16S4. The fraction of sp³-hybridized carbons (Fsp3) is 0.0333. The van der Waals surface area contributed by atoms with E-state index < -0.39 is 79.3 Å². The quantitative estimate of drug-likeness (QED) is 0.0221. The number of aromatic hydroxyl groups is 3. The van der Waals surface area contributed by atoms with Gasteiger partial charge in [-0.05, 0) is 106 Å². The molecule has 0 unspecified atom stereocenters. The van der Waals surface area contributed by atoms with Gasteiger partial charge in [-0.2, -0.15) is 29.9 Å². The Hall–Kier alpha value is -6.39. The van der Waals surface area contributed by atoms with Crippen molar-refractivity contribution in [3.63, 3.8) is 0 Å². The summed E-state index contributed by atoms with van der Waals surface area (Å²) in [5, 5.41) is 67.0. The van der Waals surface area contributed by atoms with Gasteiger partial charge in [-0.25, -0.2) is 33.7 Å². The number of rotatable bonds is 18. The zero-order valence-electron chi connectivity index (χ0n) is 52.6. The molecule has 2 heterocycles. The number of nitrogens with one attached hydrogen (secondary N) is 3. The van der Waals surface area contributed by atoms with Gasteiger partial charge in [0, 0.05) is 79.2 Å². The van der Waals surface area contributed by atoms with Crippen LogP contribution in [0.15, 0.2) is 207 Å². The van der Waals surface area contributed by atoms with Crippen molar-refractivity contribution in [2.24, 2.45) is 15.3 Å². The number of phenols is 3. The average molecular weight is 1560 g/mol. The minimum absolute atomic E-state index is 0. The zero-order chi connectivity index (χ0) is 68.4. The van der Waals surface area contributed by atoms with E-state index in [4.69, 9.17) is 23.2 Å². The third-order valence-corrected chi connectivity index (χ3v) is 17.1. The van der Waals surface area contributed by atoms with Gasteiger partial charge in [-0.15, -0.1) is 10.2 Å². The van der Waals surface area contributed by atoms with Gasteiger partial charge in [0.05, 0.1) is 15.2 Å². The number of benzene rings is 10. The number of para-hydroxylation sites is 2. The molecule has 0 bridgehead atoms. The number of halogens is 2. The Kier molecular flexibility index (Phi) is 28.9. The summed E-state index contributed by atoms with van der Waals surface area (Å²) in [6.07, 6.45) is 0. The van der Waals surface area contributed by atoms with Crippen LogP contribution < -0.4 is 149 Å². The molecule has 41 heteroatoms. The van der Waals surface area contributed by atoms with Crippen molar-refractivity contribution in [2.45, 2.75) is 9.79 Å². The molecule has 101 heavy (non-hydrogen) atoms. The monoisotopic (exact) mass is 1550 g/mol. The molecule has 0 amide bonds. The van der Waals surface area contributed by atoms with Gasteiger partial charge in [0.25, 0.3) is 5.69 Å². The van der Waals surface area contributed by atoms with E-state index in [0.717, 1.165) is 32.7 Å². The van der Waals surface area contributed by atoms with E-state index in [1.165, 1.54) is 72.8 Å². The number of azo groups is 2. The van der Waals surface area contributed by atoms with Crippen molar-refractivity contribution in [1.29, 1.82) is 0 Å². The van der Waals surface area contributed by atoms with Crippen molar-refractivity contribution < 1.29 is 213 Å². The minimum Gasteiger partial charge on any atom is -0.871 e. The largest absolute Gasteiger partial charge is 1.00 e. The molecule has 0 radical (unpaired) electrons. The molecular weight excluding hydrogens is 1520 g/mol. The molecule has 0 atom stereocenters. The maximum atomic E-state index is 12.6. The third kappa shape index (κ3) is 20.5. The summed E-state index contributed by atoms with van der Waals surface area (Å²) in [6, 6.07) is 45.6. The molecule has 0 saturated heterocycles. The topological polar surface area (TPSA) is 471 Å². The smallest absolute Gasteiger partial charge is 0.871 e. The van der Waals surface area contributed by atoms with Gasteiger partial charge in [-0.1, -0.05) is 114 Å². The van der Waals surface area contributed by atoms with Crippen LogP contribution in [0, 0.1) is 0 Å². The Morgan fingerprint density at radius 3 is 1.31 bits per heavy atom. The Labute approximate surface area is 683 Å². The summed E-state index contributed by atoms with van der Waals surface area (Å²) in [4.78, 5) is 24.8. The molecule has 12 aromatic rings. The zero-order valence-corrected chi connectivity index (χ0v) is 66.7. The van der Waals surface area contributed by atoms with Crippen LogP contribution in [0.2, 0.25) is 10.6 Å². The van der Waals surface area contributed by atoms with Crippen molar-refractivity contribution in [3.05, 3.63) is 193 Å². The molecule has 494 valence electrons. The molecule has 0 fully saturated rings. The van der Waals surface area contributed by atoms with E-state index in [2.05, 4.69) is 61.0 Å². The second kappa shape index (κ2) is 34.9. The average Bonchev–Trinajstić information content (AvgIpc) is 0.767. The standard InChI is InChI=1S/2C30H22ClN7O8S2.Cr.4Na/c2*31-28-33-29(35-30(34-28)38(16-47(41,42)43)19-7-2-1-3-8-19)32-18-11-12-21-22(14-18)25(48(44,45)46)15-24(40)27(21)37-36-26-20-9-5-4-6-17(20)10-13-23(26)39;;;;;/h2*1-15,39-40H,16H2,(H,41,42,43)(H,44,45,46)(H,32,33,34,35);;;;;/q;;;4*+1/p-4. The molecule has 12 rings (SSSR count). The van der Waals surface area contributed by atoms with Crippen molar-refractivity contribution in [3.8, 4) is 23.0 Å². The van der Waals surface area contributed by atoms with E-state index in [-0.39, 0.29) is 243 Å². The first kappa shape index (κ1) is 83.6. The fourth-order valence-corrected chi connectivity index (χ4v) is 12.6. The first-order chi connectivity index (χ1) is 45.5. The maximum absolute atomic E-state index is 12.6. The number of hydrogen-bond acceptors (Lipinski definition) is 29. The second-order valence-electron chi connectivity index (χ2n) is 20.3. The number of nitrogens with zero attached hydrogens (tertiary/aromatic N) is 11. The van der Waals surface area contributed by atoms with Crippen LogP contribution in [-0.4, -0.2) is 109 Å². The predicted molar refractivity (Wildman–Crippen MR) is 346 cm³/mol. The van der Waals surface area contributed by atoms with Crippen LogP contribution in [0.25, 0.3) is 43.1 Å². The Bertz CT molecular complexity index is 5310. The summed E-state index contributed by atoms with van der Waals surface area (Å²) in [5.74, 6) is -5.02. The van der Waals surface area contributed by atoms with Crippen LogP contribution in [0.4, 0.5) is 69.3 Å². The SMILES string of the molecule is O=S(=O)([O-])CN(c1ccccc1)c1nc(Cl)nc(Nc2ccc3c(N=Nc4c(O)ccc5ccccc45)c(O)cc(S(=O)(=O)[O-])c3c2)n1.O=S(=O)([O-])CN(c1ccccc1)c1nc(Cl)nc(Nc2ccc3c([NH+]=Nc4c([O-])ccc5ccccc45)c(O)cc(S(=O)(=O)[O-])c3c2)n1.[Cr].[Na+].[Na+].[Na+].[Na+]. The van der Waals surface area contributed by atoms with Crippen LogP contribution >= 0.6 is 23.2 Å². The number of hydrogen-bond donors (Lipinski definition) is 6. The number of phenolic OH excluding ortho intramolecular Hbond substituents is 3. The van der Waals surface area contributed by atoms with Crippen LogP contribution in [0.1, 0.15) is 0 Å². The molecule has 0 aliphatic carbocycles. The number of aromatic nitrogens is 6. The minimum atomic E-state index is -5.14. The summed E-state index contributed by atoms with van der Waals surface area (Å²) in [7, 11) is -19.9. The van der Waals surface area contributed by atoms with E-state index in [1.54, 1.807) is 97.1 Å². The number of anilines is 8. The number of fused-ring (bicyclic) bond motifs is 4. The van der Waals surface area contributed by atoms with Gasteiger partial charge >= 0.3 is 118 Å². The van der Waals surface area contributed by atoms with Crippen molar-refractivity contribution >= 4 is 176 Å². The summed E-state index contributed by atoms with van der Waals surface area (Å²) < 4.78 is 144. The normalized spacial score (nSPS) is 11.5. The Morgan fingerprint density at radius 2 is 0.842 bits per heavy atom. The first-order valence-corrected chi connectivity index (χ1v) is 33.9. The molecule has 0 spiro atoms. The molecule has 0 aliphatic rings. The summed E-state index contributed by atoms with van der Waals surface area (Å²) >= 11 is 12.2. The maximum Gasteiger partial charge on any atom is 1.00 e. The van der Waals surface area contributed by atoms with E-state index in [1.807, 2.05) is 0 Å². The molecule has 0 aliphatic heterocycles. The second-order valence-corrected chi connectivity index (χ2v) is 26.4. The molecule has 6 N–H and O–H groups in total. The van der Waals surface area contributed by atoms with E-state index in [9.17, 15) is 72.3 Å². The van der Waals surface area contributed by atoms with Gasteiger partial charge in [-0.3, -0.25) is 9.80 Å². The molecule has 30 nitrogen and oxygen atoms in total. The van der Waals surface area contributed by atoms with Crippen LogP contribution in [0.5, 0.6) is 23.0 Å². The van der Waals surface area contributed by atoms with Gasteiger partial charge in [0.15, 0.2) is 5.75 Å². The summed E-state index contributed by atoms with van der Waals surface area (Å²) in [5.41, 5.74) is 0.626. The third-order valence-electron chi connectivity index (χ3n) is 13.8. The van der Waals surface area contributed by atoms with Gasteiger partial charge < -0.3 is 49.3 Å². The Balaban J connectivity index is 0.000000303. The van der Waals surface area contributed by atoms with Crippen LogP contribution in [0.3, 0.4) is 0 Å². The van der Waals surface area contributed by atoms with Gasteiger partial charge in [0.1, 0.15) is 80.8 Å². The summed E-state index contributed by atoms with van der Waals surface area (Å²) in [6.45, 7) is 0. The van der Waals surface area contributed by atoms with E-state index >= 15 is 0 Å². The van der Waals surface area contributed by atoms with Gasteiger partial charge in [0.2, 0.25) is 34.4 Å². The predicted octanol–water partition coefficient (Wildman–Crippen LogP) is -2.64. The van der Waals surface area contributed by atoms with E-state index in [0.29, 0.717) is 10.8 Å². The Morgan fingerprint density at radius 1 is 0.436 bits per heavy atom. The van der Waals surface area contributed by atoms with Crippen molar-refractivity contribution in [2.75, 3.05) is 32.2 Å². The van der Waals surface area contributed by atoms with Crippen molar-refractivity contribution in [1.82, 2.24) is 29.9 Å². The molecule has 2 aromatic heterocycles. The fourth-order valence-electron chi connectivity index (χ4n) is 9.76. The first-order valence-electron chi connectivity index (χ1n) is 27.2. The van der Waals surface area contributed by atoms with Crippen LogP contribution in [-0.2, 0) is 57.8 Å².